The summed E-state index contributed by atoms with van der Waals surface area (Å²) in [5.41, 5.74) is 2.41. The summed E-state index contributed by atoms with van der Waals surface area (Å²) >= 11 is 0. The minimum Gasteiger partial charge on any atom is -0.497 e. The Kier molecular flexibility index (Phi) is 6.00. The zero-order valence-electron chi connectivity index (χ0n) is 16.0. The van der Waals surface area contributed by atoms with Crippen LogP contribution in [-0.4, -0.2) is 41.6 Å². The predicted molar refractivity (Wildman–Crippen MR) is 102 cm³/mol. The maximum atomic E-state index is 12.5. The molecule has 1 atom stereocenters. The maximum absolute atomic E-state index is 12.5. The molecule has 2 aromatic heterocycles. The zero-order valence-corrected chi connectivity index (χ0v) is 16.0. The van der Waals surface area contributed by atoms with Crippen LogP contribution >= 0.6 is 0 Å². The number of aromatic nitrogens is 2. The van der Waals surface area contributed by atoms with Crippen molar-refractivity contribution in [2.24, 2.45) is 7.05 Å². The molecule has 0 spiro atoms. The molecule has 0 saturated heterocycles. The molecule has 0 bridgehead atoms. The Morgan fingerprint density at radius 1 is 1.29 bits per heavy atom. The third-order valence-corrected chi connectivity index (χ3v) is 4.43. The van der Waals surface area contributed by atoms with Gasteiger partial charge in [0.1, 0.15) is 17.2 Å². The molecule has 0 aliphatic heterocycles. The molecule has 1 aromatic carbocycles. The van der Waals surface area contributed by atoms with E-state index in [1.165, 1.54) is 17.2 Å². The predicted octanol–water partition coefficient (Wildman–Crippen LogP) is 2.55. The summed E-state index contributed by atoms with van der Waals surface area (Å²) in [5, 5.41) is 17.3. The van der Waals surface area contributed by atoms with Gasteiger partial charge < -0.3 is 24.3 Å². The summed E-state index contributed by atoms with van der Waals surface area (Å²) in [4.78, 5) is 12.5. The van der Waals surface area contributed by atoms with E-state index < -0.39 is 6.10 Å². The molecule has 8 nitrogen and oxygen atoms in total. The lowest BCUT2D eigenvalue weighted by Gasteiger charge is -2.09. The summed E-state index contributed by atoms with van der Waals surface area (Å²) in [6, 6.07) is 8.79. The standard InChI is InChI=1S/C20H23N3O5/c1-23-17(20(25)21-8-6-18(24)13-7-9-28-12-13)11-16(22-23)15-10-14(26-2)4-5-19(15)27-3/h4-5,7,9-12,18,24H,6,8H2,1-3H3,(H,21,25). The molecule has 148 valence electrons. The van der Waals surface area contributed by atoms with E-state index in [0.29, 0.717) is 41.4 Å². The number of benzene rings is 1. The van der Waals surface area contributed by atoms with E-state index in [2.05, 4.69) is 10.4 Å². The molecule has 3 rings (SSSR count). The largest absolute Gasteiger partial charge is 0.497 e. The second-order valence-corrected chi connectivity index (χ2v) is 6.22. The van der Waals surface area contributed by atoms with Crippen LogP contribution in [0, 0.1) is 0 Å². The van der Waals surface area contributed by atoms with Gasteiger partial charge in [-0.05, 0) is 36.8 Å². The number of ether oxygens (including phenoxy) is 2. The smallest absolute Gasteiger partial charge is 0.269 e. The fourth-order valence-corrected chi connectivity index (χ4v) is 2.87. The first-order valence-corrected chi connectivity index (χ1v) is 8.78. The van der Waals surface area contributed by atoms with Crippen molar-refractivity contribution in [3.8, 4) is 22.8 Å². The van der Waals surface area contributed by atoms with Gasteiger partial charge in [-0.1, -0.05) is 0 Å². The Morgan fingerprint density at radius 3 is 2.79 bits per heavy atom. The van der Waals surface area contributed by atoms with Crippen LogP contribution in [-0.2, 0) is 7.05 Å². The number of rotatable bonds is 8. The first kappa shape index (κ1) is 19.5. The maximum Gasteiger partial charge on any atom is 0.269 e. The summed E-state index contributed by atoms with van der Waals surface area (Å²) < 4.78 is 17.1. The van der Waals surface area contributed by atoms with Crippen molar-refractivity contribution in [3.05, 3.63) is 54.1 Å². The van der Waals surface area contributed by atoms with Crippen LogP contribution < -0.4 is 14.8 Å². The first-order chi connectivity index (χ1) is 13.5. The highest BCUT2D eigenvalue weighted by atomic mass is 16.5. The lowest BCUT2D eigenvalue weighted by atomic mass is 10.1. The number of aryl methyl sites for hydroxylation is 1. The van der Waals surface area contributed by atoms with E-state index in [-0.39, 0.29) is 5.91 Å². The van der Waals surface area contributed by atoms with Crippen LogP contribution in [0.2, 0.25) is 0 Å². The molecule has 28 heavy (non-hydrogen) atoms. The van der Waals surface area contributed by atoms with E-state index in [9.17, 15) is 9.90 Å². The number of nitrogens with zero attached hydrogens (tertiary/aromatic N) is 2. The fraction of sp³-hybridized carbons (Fsp3) is 0.300. The lowest BCUT2D eigenvalue weighted by molar-refractivity contribution is 0.0933. The van der Waals surface area contributed by atoms with Gasteiger partial charge in [0.2, 0.25) is 0 Å². The minimum atomic E-state index is -0.692. The highest BCUT2D eigenvalue weighted by molar-refractivity contribution is 5.93. The van der Waals surface area contributed by atoms with Crippen LogP contribution in [0.1, 0.15) is 28.6 Å². The first-order valence-electron chi connectivity index (χ1n) is 8.78. The monoisotopic (exact) mass is 385 g/mol. The normalized spacial score (nSPS) is 11.9. The number of aliphatic hydroxyl groups is 1. The van der Waals surface area contributed by atoms with E-state index in [4.69, 9.17) is 13.9 Å². The molecule has 0 saturated carbocycles. The molecule has 1 unspecified atom stereocenters. The van der Waals surface area contributed by atoms with Crippen LogP contribution in [0.3, 0.4) is 0 Å². The molecule has 0 aliphatic rings. The number of hydrogen-bond acceptors (Lipinski definition) is 6. The van der Waals surface area contributed by atoms with E-state index in [1.54, 1.807) is 45.5 Å². The Morgan fingerprint density at radius 2 is 2.11 bits per heavy atom. The van der Waals surface area contributed by atoms with Gasteiger partial charge in [0.15, 0.2) is 0 Å². The average Bonchev–Trinajstić information content (AvgIpc) is 3.37. The van der Waals surface area contributed by atoms with Gasteiger partial charge in [0.05, 0.1) is 38.5 Å². The molecule has 3 aromatic rings. The molecule has 2 heterocycles. The summed E-state index contributed by atoms with van der Waals surface area (Å²) in [6.45, 7) is 0.314. The molecule has 2 N–H and O–H groups in total. The van der Waals surface area contributed by atoms with E-state index >= 15 is 0 Å². The summed E-state index contributed by atoms with van der Waals surface area (Å²) in [5.74, 6) is 1.03. The van der Waals surface area contributed by atoms with Gasteiger partial charge in [-0.15, -0.1) is 0 Å². The van der Waals surface area contributed by atoms with Crippen molar-refractivity contribution in [2.45, 2.75) is 12.5 Å². The quantitative estimate of drug-likeness (QED) is 0.618. The van der Waals surface area contributed by atoms with Crippen molar-refractivity contribution in [2.75, 3.05) is 20.8 Å². The fourth-order valence-electron chi connectivity index (χ4n) is 2.87. The van der Waals surface area contributed by atoms with Gasteiger partial charge in [-0.25, -0.2) is 0 Å². The van der Waals surface area contributed by atoms with Gasteiger partial charge in [-0.3, -0.25) is 9.48 Å². The number of furan rings is 1. The molecule has 0 fully saturated rings. The molecule has 1 amide bonds. The Balaban J connectivity index is 1.71. The molecule has 0 radical (unpaired) electrons. The van der Waals surface area contributed by atoms with Gasteiger partial charge >= 0.3 is 0 Å². The molecule has 0 aliphatic carbocycles. The highest BCUT2D eigenvalue weighted by Gasteiger charge is 2.18. The van der Waals surface area contributed by atoms with Gasteiger partial charge in [0.25, 0.3) is 5.91 Å². The number of amides is 1. The number of methoxy groups -OCH3 is 2. The van der Waals surface area contributed by atoms with Crippen LogP contribution in [0.25, 0.3) is 11.3 Å². The molecule has 8 heteroatoms. The van der Waals surface area contributed by atoms with Crippen LogP contribution in [0.4, 0.5) is 0 Å². The Bertz CT molecular complexity index is 933. The number of carbonyl (C=O) groups is 1. The minimum absolute atomic E-state index is 0.275. The van der Waals surface area contributed by atoms with Crippen molar-refractivity contribution in [1.82, 2.24) is 15.1 Å². The number of nitrogens with one attached hydrogen (secondary N) is 1. The summed E-state index contributed by atoms with van der Waals surface area (Å²) in [7, 11) is 4.86. The molecular formula is C20H23N3O5. The van der Waals surface area contributed by atoms with Crippen molar-refractivity contribution >= 4 is 5.91 Å². The highest BCUT2D eigenvalue weighted by Crippen LogP contribution is 2.32. The topological polar surface area (TPSA) is 98.8 Å². The zero-order chi connectivity index (χ0) is 20.1. The summed E-state index contributed by atoms with van der Waals surface area (Å²) in [6.07, 6.45) is 2.67. The lowest BCUT2D eigenvalue weighted by Crippen LogP contribution is -2.27. The SMILES string of the molecule is COc1ccc(OC)c(-c2cc(C(=O)NCCC(O)c3ccoc3)n(C)n2)c1. The third-order valence-electron chi connectivity index (χ3n) is 4.43. The third kappa shape index (κ3) is 4.17. The Labute approximate surface area is 162 Å². The van der Waals surface area contributed by atoms with Crippen molar-refractivity contribution < 1.29 is 23.8 Å². The van der Waals surface area contributed by atoms with Crippen molar-refractivity contribution in [1.29, 1.82) is 0 Å². The average molecular weight is 385 g/mol. The van der Waals surface area contributed by atoms with Gasteiger partial charge in [0, 0.05) is 24.7 Å². The number of hydrogen-bond donors (Lipinski definition) is 2. The van der Waals surface area contributed by atoms with Crippen molar-refractivity contribution in [3.63, 3.8) is 0 Å². The second kappa shape index (κ2) is 8.62. The number of aliphatic hydroxyl groups excluding tert-OH is 1. The van der Waals surface area contributed by atoms with Crippen LogP contribution in [0.15, 0.2) is 47.3 Å². The van der Waals surface area contributed by atoms with Gasteiger partial charge in [-0.2, -0.15) is 5.10 Å². The molecular weight excluding hydrogens is 362 g/mol. The second-order valence-electron chi connectivity index (χ2n) is 6.22. The van der Waals surface area contributed by atoms with E-state index in [0.717, 1.165) is 5.56 Å². The Hall–Kier alpha value is -3.26. The van der Waals surface area contributed by atoms with Crippen LogP contribution in [0.5, 0.6) is 11.5 Å². The number of carbonyl (C=O) groups excluding carboxylic acids is 1. The van der Waals surface area contributed by atoms with E-state index in [1.807, 2.05) is 6.07 Å².